The predicted octanol–water partition coefficient (Wildman–Crippen LogP) is 4.09. The number of esters is 1. The van der Waals surface area contributed by atoms with Crippen molar-refractivity contribution in [1.82, 2.24) is 4.57 Å². The van der Waals surface area contributed by atoms with Gasteiger partial charge in [-0.05, 0) is 41.8 Å². The molecule has 0 N–H and O–H groups in total. The third kappa shape index (κ3) is 4.24. The Morgan fingerprint density at radius 3 is 2.60 bits per heavy atom. The van der Waals surface area contributed by atoms with Crippen LogP contribution >= 0.6 is 11.6 Å². The Kier molecular flexibility index (Phi) is 5.91. The monoisotopic (exact) mass is 354 g/mol. The Hall–Kier alpha value is -2.69. The van der Waals surface area contributed by atoms with Crippen molar-refractivity contribution in [2.75, 3.05) is 0 Å². The lowest BCUT2D eigenvalue weighted by atomic mass is 9.74. The molecule has 0 bridgehead atoms. The molecule has 0 fully saturated rings. The second-order valence-electron chi connectivity index (χ2n) is 6.15. The summed E-state index contributed by atoms with van der Waals surface area (Å²) in [6, 6.07) is 10.5. The zero-order valence-corrected chi connectivity index (χ0v) is 15.0. The molecule has 0 saturated carbocycles. The molecule has 0 aliphatic heterocycles. The van der Waals surface area contributed by atoms with Crippen LogP contribution in [-0.2, 0) is 17.8 Å². The van der Waals surface area contributed by atoms with Crippen molar-refractivity contribution < 1.29 is 9.53 Å². The van der Waals surface area contributed by atoms with Crippen LogP contribution in [0.1, 0.15) is 19.4 Å². The van der Waals surface area contributed by atoms with Gasteiger partial charge in [-0.15, -0.1) is 6.42 Å². The lowest BCUT2D eigenvalue weighted by molar-refractivity contribution is -0.144. The van der Waals surface area contributed by atoms with Gasteiger partial charge < -0.3 is 9.30 Å². The van der Waals surface area contributed by atoms with E-state index in [0.29, 0.717) is 17.3 Å². The van der Waals surface area contributed by atoms with E-state index in [1.807, 2.05) is 36.9 Å². The van der Waals surface area contributed by atoms with Gasteiger partial charge in [0.2, 0.25) is 0 Å². The third-order valence-corrected chi connectivity index (χ3v) is 4.39. The van der Waals surface area contributed by atoms with E-state index >= 15 is 0 Å². The maximum absolute atomic E-state index is 12.8. The molecule has 0 amide bonds. The number of hydrogen-bond acceptors (Lipinski definition) is 3. The van der Waals surface area contributed by atoms with E-state index in [2.05, 4.69) is 12.0 Å². The maximum Gasteiger partial charge on any atom is 0.332 e. The molecule has 25 heavy (non-hydrogen) atoms. The Labute approximate surface area is 153 Å². The van der Waals surface area contributed by atoms with E-state index in [1.165, 1.54) is 0 Å². The first-order valence-electron chi connectivity index (χ1n) is 7.88. The summed E-state index contributed by atoms with van der Waals surface area (Å²) in [4.78, 5) is 12.8. The number of carbonyl (C=O) groups excluding carboxylic acids is 1. The number of carbonyl (C=O) groups is 1. The molecule has 0 radical (unpaired) electrons. The van der Waals surface area contributed by atoms with Crippen LogP contribution in [0.15, 0.2) is 42.7 Å². The van der Waals surface area contributed by atoms with Gasteiger partial charge in [-0.2, -0.15) is 5.26 Å². The molecular formula is C20H19ClN2O2. The van der Waals surface area contributed by atoms with E-state index < -0.39 is 11.4 Å². The maximum atomic E-state index is 12.8. The highest BCUT2D eigenvalue weighted by atomic mass is 35.5. The molecule has 0 aliphatic rings. The molecule has 1 heterocycles. The Morgan fingerprint density at radius 2 is 2.04 bits per heavy atom. The van der Waals surface area contributed by atoms with Gasteiger partial charge in [0.25, 0.3) is 0 Å². The molecule has 1 aromatic carbocycles. The van der Waals surface area contributed by atoms with E-state index in [1.54, 1.807) is 24.3 Å². The number of terminal acetylenes is 1. The molecule has 0 aliphatic carbocycles. The molecule has 0 unspecified atom stereocenters. The second kappa shape index (κ2) is 7.92. The fraction of sp³-hybridized carbons (Fsp3) is 0.300. The van der Waals surface area contributed by atoms with Gasteiger partial charge in [0.1, 0.15) is 5.75 Å². The van der Waals surface area contributed by atoms with Crippen molar-refractivity contribution in [2.24, 2.45) is 11.3 Å². The van der Waals surface area contributed by atoms with E-state index in [0.717, 1.165) is 5.56 Å². The quantitative estimate of drug-likeness (QED) is 0.446. The zero-order valence-electron chi connectivity index (χ0n) is 14.2. The van der Waals surface area contributed by atoms with Crippen LogP contribution in [0.3, 0.4) is 0 Å². The first-order valence-corrected chi connectivity index (χ1v) is 8.26. The van der Waals surface area contributed by atoms with Gasteiger partial charge in [0.15, 0.2) is 5.41 Å². The lowest BCUT2D eigenvalue weighted by Gasteiger charge is -2.28. The largest absolute Gasteiger partial charge is 0.425 e. The van der Waals surface area contributed by atoms with Crippen LogP contribution in [-0.4, -0.2) is 10.5 Å². The summed E-state index contributed by atoms with van der Waals surface area (Å²) >= 11 is 5.84. The molecule has 0 saturated heterocycles. The van der Waals surface area contributed by atoms with Crippen molar-refractivity contribution in [1.29, 1.82) is 5.26 Å². The zero-order chi connectivity index (χ0) is 18.4. The Morgan fingerprint density at radius 1 is 1.36 bits per heavy atom. The Balaban J connectivity index is 2.26. The SMILES string of the molecule is C#CCn1ccc(C[C@@](C#N)(C(=O)Oc2ccc(Cl)cc2)C(C)C)c1. The molecule has 0 spiro atoms. The number of ether oxygens (including phenoxy) is 1. The number of nitrogens with zero attached hydrogens (tertiary/aromatic N) is 2. The lowest BCUT2D eigenvalue weighted by Crippen LogP contribution is -2.40. The molecule has 5 heteroatoms. The van der Waals surface area contributed by atoms with Gasteiger partial charge in [-0.3, -0.25) is 0 Å². The fourth-order valence-electron chi connectivity index (χ4n) is 2.55. The van der Waals surface area contributed by atoms with Crippen molar-refractivity contribution in [3.63, 3.8) is 0 Å². The Bertz CT molecular complexity index is 825. The van der Waals surface area contributed by atoms with Crippen LogP contribution < -0.4 is 4.74 Å². The number of hydrogen-bond donors (Lipinski definition) is 0. The average molecular weight is 355 g/mol. The minimum Gasteiger partial charge on any atom is -0.425 e. The summed E-state index contributed by atoms with van der Waals surface area (Å²) in [7, 11) is 0. The minimum absolute atomic E-state index is 0.228. The molecule has 2 aromatic rings. The normalized spacial score (nSPS) is 12.9. The predicted molar refractivity (Wildman–Crippen MR) is 96.9 cm³/mol. The standard InChI is InChI=1S/C20H19ClN2O2/c1-4-10-23-11-9-16(13-23)12-20(14-22,15(2)3)19(24)25-18-7-5-17(21)6-8-18/h1,5-9,11,13,15H,10,12H2,2-3H3/t20-/m0/s1. The van der Waals surface area contributed by atoms with Crippen molar-refractivity contribution >= 4 is 17.6 Å². The molecular weight excluding hydrogens is 336 g/mol. The highest BCUT2D eigenvalue weighted by Crippen LogP contribution is 2.34. The topological polar surface area (TPSA) is 55.0 Å². The van der Waals surface area contributed by atoms with E-state index in [9.17, 15) is 10.1 Å². The van der Waals surface area contributed by atoms with Crippen molar-refractivity contribution in [3.8, 4) is 24.2 Å². The van der Waals surface area contributed by atoms with Crippen LogP contribution in [0.5, 0.6) is 5.75 Å². The highest BCUT2D eigenvalue weighted by Gasteiger charge is 2.44. The van der Waals surface area contributed by atoms with Crippen LogP contribution in [0, 0.1) is 35.0 Å². The number of halogens is 1. The van der Waals surface area contributed by atoms with Crippen LogP contribution in [0.25, 0.3) is 0 Å². The van der Waals surface area contributed by atoms with Gasteiger partial charge in [-0.1, -0.05) is 31.4 Å². The van der Waals surface area contributed by atoms with Gasteiger partial charge in [0.05, 0.1) is 12.6 Å². The average Bonchev–Trinajstić information content (AvgIpc) is 3.01. The summed E-state index contributed by atoms with van der Waals surface area (Å²) in [6.07, 6.45) is 9.25. The summed E-state index contributed by atoms with van der Waals surface area (Å²) < 4.78 is 7.29. The smallest absolute Gasteiger partial charge is 0.332 e. The molecule has 1 aromatic heterocycles. The number of benzene rings is 1. The summed E-state index contributed by atoms with van der Waals surface area (Å²) in [5.41, 5.74) is -0.430. The second-order valence-corrected chi connectivity index (χ2v) is 6.59. The molecule has 4 nitrogen and oxygen atoms in total. The van der Waals surface area contributed by atoms with Crippen molar-refractivity contribution in [2.45, 2.75) is 26.8 Å². The van der Waals surface area contributed by atoms with Crippen LogP contribution in [0.4, 0.5) is 0 Å². The summed E-state index contributed by atoms with van der Waals surface area (Å²) in [5.74, 6) is 2.11. The minimum atomic E-state index is -1.29. The molecule has 1 atom stereocenters. The number of nitriles is 1. The summed E-state index contributed by atoms with van der Waals surface area (Å²) in [6.45, 7) is 4.12. The fourth-order valence-corrected chi connectivity index (χ4v) is 2.67. The first kappa shape index (κ1) is 18.6. The van der Waals surface area contributed by atoms with E-state index in [-0.39, 0.29) is 12.3 Å². The third-order valence-electron chi connectivity index (χ3n) is 4.14. The van der Waals surface area contributed by atoms with Gasteiger partial charge in [-0.25, -0.2) is 4.79 Å². The van der Waals surface area contributed by atoms with Gasteiger partial charge in [0, 0.05) is 23.8 Å². The first-order chi connectivity index (χ1) is 11.9. The van der Waals surface area contributed by atoms with Crippen LogP contribution in [0.2, 0.25) is 5.02 Å². The number of rotatable bonds is 6. The van der Waals surface area contributed by atoms with Gasteiger partial charge >= 0.3 is 5.97 Å². The molecule has 128 valence electrons. The highest BCUT2D eigenvalue weighted by molar-refractivity contribution is 6.30. The number of aromatic nitrogens is 1. The summed E-state index contributed by atoms with van der Waals surface area (Å²) in [5, 5.41) is 10.3. The van der Waals surface area contributed by atoms with E-state index in [4.69, 9.17) is 22.8 Å². The van der Waals surface area contributed by atoms with Crippen molar-refractivity contribution in [3.05, 3.63) is 53.3 Å². The molecule has 2 rings (SSSR count).